The van der Waals surface area contributed by atoms with Crippen LogP contribution in [0.1, 0.15) is 31.7 Å². The monoisotopic (exact) mass is 294 g/mol. The molecular weight excluding hydrogens is 272 g/mol. The van der Waals surface area contributed by atoms with Crippen molar-refractivity contribution in [3.8, 4) is 0 Å². The Bertz CT molecular complexity index is 540. The van der Waals surface area contributed by atoms with Crippen LogP contribution in [0.15, 0.2) is 53.5 Å². The smallest absolute Gasteiger partial charge is 0.266 e. The lowest BCUT2D eigenvalue weighted by Crippen LogP contribution is -2.07. The van der Waals surface area contributed by atoms with Crippen molar-refractivity contribution < 1.29 is 12.6 Å². The molecule has 1 aromatic carbocycles. The second kappa shape index (κ2) is 8.72. The zero-order valence-corrected chi connectivity index (χ0v) is 12.9. The highest BCUT2D eigenvalue weighted by Gasteiger charge is 2.13. The number of allylic oxidation sites excluding steroid dienone is 3. The van der Waals surface area contributed by atoms with Crippen molar-refractivity contribution in [2.75, 3.05) is 6.61 Å². The third-order valence-electron chi connectivity index (χ3n) is 2.67. The molecule has 0 N–H and O–H groups in total. The average Bonchev–Trinajstić information content (AvgIpc) is 2.42. The molecule has 110 valence electrons. The maximum atomic E-state index is 11.9. The van der Waals surface area contributed by atoms with E-state index >= 15 is 0 Å². The van der Waals surface area contributed by atoms with Gasteiger partial charge in [0.2, 0.25) is 0 Å². The van der Waals surface area contributed by atoms with Gasteiger partial charge in [0.15, 0.2) is 0 Å². The minimum atomic E-state index is -3.63. The van der Waals surface area contributed by atoms with Crippen LogP contribution in [0, 0.1) is 6.92 Å². The molecular formula is C16H22O3S. The highest BCUT2D eigenvalue weighted by Crippen LogP contribution is 2.13. The van der Waals surface area contributed by atoms with E-state index in [9.17, 15) is 8.42 Å². The standard InChI is InChI=1S/C16H22O3S/c1-3-4-5-6-7-8-9-14-19-20(17,18)16-12-10-15(2)11-13-16/h4-5,7-8,10-13H,3,6,9,14H2,1-2H3. The summed E-state index contributed by atoms with van der Waals surface area (Å²) in [5, 5.41) is 0. The number of aryl methyl sites for hydroxylation is 1. The normalized spacial score (nSPS) is 12.5. The lowest BCUT2D eigenvalue weighted by atomic mass is 10.2. The fourth-order valence-corrected chi connectivity index (χ4v) is 2.48. The molecule has 0 saturated heterocycles. The molecule has 4 heteroatoms. The molecule has 0 atom stereocenters. The Morgan fingerprint density at radius 1 is 1.05 bits per heavy atom. The van der Waals surface area contributed by atoms with Crippen molar-refractivity contribution in [1.29, 1.82) is 0 Å². The maximum Gasteiger partial charge on any atom is 0.296 e. The van der Waals surface area contributed by atoms with Gasteiger partial charge in [-0.25, -0.2) is 0 Å². The van der Waals surface area contributed by atoms with E-state index in [2.05, 4.69) is 19.1 Å². The van der Waals surface area contributed by atoms with E-state index in [4.69, 9.17) is 4.18 Å². The summed E-state index contributed by atoms with van der Waals surface area (Å²) in [4.78, 5) is 0.206. The molecule has 3 nitrogen and oxygen atoms in total. The molecule has 0 aliphatic heterocycles. The molecule has 1 rings (SSSR count). The third-order valence-corrected chi connectivity index (χ3v) is 4.00. The molecule has 1 aromatic rings. The van der Waals surface area contributed by atoms with E-state index in [0.717, 1.165) is 18.4 Å². The van der Waals surface area contributed by atoms with E-state index in [0.29, 0.717) is 6.42 Å². The van der Waals surface area contributed by atoms with Crippen LogP contribution in [-0.2, 0) is 14.3 Å². The first-order valence-electron chi connectivity index (χ1n) is 6.82. The maximum absolute atomic E-state index is 11.9. The van der Waals surface area contributed by atoms with E-state index < -0.39 is 10.1 Å². The van der Waals surface area contributed by atoms with E-state index in [1.54, 1.807) is 24.3 Å². The van der Waals surface area contributed by atoms with Crippen LogP contribution in [0.4, 0.5) is 0 Å². The predicted octanol–water partition coefficient (Wildman–Crippen LogP) is 4.00. The topological polar surface area (TPSA) is 43.4 Å². The Balaban J connectivity index is 2.37. The van der Waals surface area contributed by atoms with Gasteiger partial charge in [-0.05, 0) is 38.3 Å². The Morgan fingerprint density at radius 2 is 1.70 bits per heavy atom. The zero-order chi connectivity index (χ0) is 14.8. The first-order valence-corrected chi connectivity index (χ1v) is 8.23. The van der Waals surface area contributed by atoms with Gasteiger partial charge in [-0.3, -0.25) is 4.18 Å². The minimum Gasteiger partial charge on any atom is -0.266 e. The highest BCUT2D eigenvalue weighted by atomic mass is 32.2. The minimum absolute atomic E-state index is 0.171. The van der Waals surface area contributed by atoms with Crippen molar-refractivity contribution >= 4 is 10.1 Å². The molecule has 0 bridgehead atoms. The lowest BCUT2D eigenvalue weighted by molar-refractivity contribution is 0.324. The first-order chi connectivity index (χ1) is 9.56. The highest BCUT2D eigenvalue weighted by molar-refractivity contribution is 7.86. The van der Waals surface area contributed by atoms with Gasteiger partial charge in [-0.15, -0.1) is 0 Å². The van der Waals surface area contributed by atoms with E-state index in [1.165, 1.54) is 0 Å². The number of rotatable bonds is 8. The van der Waals surface area contributed by atoms with E-state index in [1.807, 2.05) is 19.1 Å². The molecule has 0 saturated carbocycles. The van der Waals surface area contributed by atoms with Gasteiger partial charge in [0, 0.05) is 0 Å². The zero-order valence-electron chi connectivity index (χ0n) is 12.1. The second-order valence-corrected chi connectivity index (χ2v) is 6.08. The van der Waals surface area contributed by atoms with Gasteiger partial charge < -0.3 is 0 Å². The van der Waals surface area contributed by atoms with Crippen LogP contribution in [0.2, 0.25) is 0 Å². The molecule has 0 aromatic heterocycles. The fourth-order valence-electron chi connectivity index (χ4n) is 1.55. The van der Waals surface area contributed by atoms with E-state index in [-0.39, 0.29) is 11.5 Å². The molecule has 0 heterocycles. The number of benzene rings is 1. The summed E-state index contributed by atoms with van der Waals surface area (Å²) in [6.07, 6.45) is 10.6. The molecule has 20 heavy (non-hydrogen) atoms. The van der Waals surface area contributed by atoms with Crippen molar-refractivity contribution in [1.82, 2.24) is 0 Å². The largest absolute Gasteiger partial charge is 0.296 e. The molecule has 0 fully saturated rings. The van der Waals surface area contributed by atoms with Crippen LogP contribution < -0.4 is 0 Å². The second-order valence-electron chi connectivity index (χ2n) is 4.46. The quantitative estimate of drug-likeness (QED) is 0.413. The van der Waals surface area contributed by atoms with Crippen LogP contribution >= 0.6 is 0 Å². The van der Waals surface area contributed by atoms with Gasteiger partial charge in [-0.1, -0.05) is 48.9 Å². The van der Waals surface area contributed by atoms with Gasteiger partial charge >= 0.3 is 0 Å². The van der Waals surface area contributed by atoms with Crippen LogP contribution in [-0.4, -0.2) is 15.0 Å². The van der Waals surface area contributed by atoms with Gasteiger partial charge in [0.05, 0.1) is 11.5 Å². The van der Waals surface area contributed by atoms with Gasteiger partial charge in [0.25, 0.3) is 10.1 Å². The molecule has 0 amide bonds. The Morgan fingerprint density at radius 3 is 2.35 bits per heavy atom. The fraction of sp³-hybridized carbons (Fsp3) is 0.375. The van der Waals surface area contributed by atoms with Crippen molar-refractivity contribution in [3.63, 3.8) is 0 Å². The summed E-state index contributed by atoms with van der Waals surface area (Å²) in [6, 6.07) is 6.65. The predicted molar refractivity (Wildman–Crippen MR) is 82.1 cm³/mol. The molecule has 0 unspecified atom stereocenters. The third kappa shape index (κ3) is 6.17. The SMILES string of the molecule is CCC=CCC=CCCOS(=O)(=O)c1ccc(C)cc1. The number of hydrogen-bond donors (Lipinski definition) is 0. The lowest BCUT2D eigenvalue weighted by Gasteiger charge is -2.04. The summed E-state index contributed by atoms with van der Waals surface area (Å²) >= 11 is 0. The summed E-state index contributed by atoms with van der Waals surface area (Å²) in [5.74, 6) is 0. The molecule has 0 spiro atoms. The Kier molecular flexibility index (Phi) is 7.26. The Hall–Kier alpha value is -1.39. The Labute approximate surface area is 122 Å². The van der Waals surface area contributed by atoms with Gasteiger partial charge in [-0.2, -0.15) is 8.42 Å². The summed E-state index contributed by atoms with van der Waals surface area (Å²) in [5.41, 5.74) is 1.02. The molecule has 0 aliphatic carbocycles. The van der Waals surface area contributed by atoms with Crippen molar-refractivity contribution in [3.05, 3.63) is 54.1 Å². The van der Waals surface area contributed by atoms with Gasteiger partial charge in [0.1, 0.15) is 0 Å². The van der Waals surface area contributed by atoms with Crippen molar-refractivity contribution in [2.24, 2.45) is 0 Å². The van der Waals surface area contributed by atoms with Crippen molar-refractivity contribution in [2.45, 2.75) is 38.0 Å². The molecule has 0 radical (unpaired) electrons. The first kappa shape index (κ1) is 16.7. The average molecular weight is 294 g/mol. The number of hydrogen-bond acceptors (Lipinski definition) is 3. The van der Waals surface area contributed by atoms with Crippen LogP contribution in [0.3, 0.4) is 0 Å². The summed E-state index contributed by atoms with van der Waals surface area (Å²) in [7, 11) is -3.63. The van der Waals surface area contributed by atoms with Crippen LogP contribution in [0.25, 0.3) is 0 Å². The summed E-state index contributed by atoms with van der Waals surface area (Å²) < 4.78 is 28.7. The summed E-state index contributed by atoms with van der Waals surface area (Å²) in [6.45, 7) is 4.17. The molecule has 0 aliphatic rings. The van der Waals surface area contributed by atoms with Crippen LogP contribution in [0.5, 0.6) is 0 Å².